The van der Waals surface area contributed by atoms with Crippen molar-refractivity contribution in [3.05, 3.63) is 27.4 Å². The van der Waals surface area contributed by atoms with Crippen LogP contribution in [0.4, 0.5) is 20.3 Å². The third kappa shape index (κ3) is 2.03. The molecular weight excluding hydrogens is 212 g/mol. The molecule has 0 aliphatic heterocycles. The van der Waals surface area contributed by atoms with Gasteiger partial charge in [0.25, 0.3) is 6.43 Å². The number of alkyl halides is 2. The van der Waals surface area contributed by atoms with E-state index in [4.69, 9.17) is 5.73 Å². The summed E-state index contributed by atoms with van der Waals surface area (Å²) in [7, 11) is 0. The molecule has 0 saturated heterocycles. The Morgan fingerprint density at radius 2 is 2.20 bits per heavy atom. The van der Waals surface area contributed by atoms with Gasteiger partial charge in [-0.2, -0.15) is 0 Å². The normalized spacial score (nSPS) is 10.3. The van der Waals surface area contributed by atoms with Gasteiger partial charge in [0.15, 0.2) is 6.29 Å². The fourth-order valence-electron chi connectivity index (χ4n) is 0.962. The summed E-state index contributed by atoms with van der Waals surface area (Å²) < 4.78 is 24.7. The number of hydrogen-bond acceptors (Lipinski definition) is 5. The molecule has 0 aliphatic rings. The van der Waals surface area contributed by atoms with Gasteiger partial charge in [0.1, 0.15) is 5.69 Å². The van der Waals surface area contributed by atoms with E-state index in [9.17, 15) is 23.7 Å². The quantitative estimate of drug-likeness (QED) is 0.467. The molecule has 0 aromatic carbocycles. The summed E-state index contributed by atoms with van der Waals surface area (Å²) >= 11 is 0. The predicted octanol–water partition coefficient (Wildman–Crippen LogP) is 1.32. The fraction of sp³-hybridized carbons (Fsp3) is 0.143. The molecule has 0 unspecified atom stereocenters. The van der Waals surface area contributed by atoms with Crippen LogP contribution in [0.1, 0.15) is 22.5 Å². The Bertz CT molecular complexity index is 422. The van der Waals surface area contributed by atoms with Crippen molar-refractivity contribution < 1.29 is 18.5 Å². The summed E-state index contributed by atoms with van der Waals surface area (Å²) in [4.78, 5) is 23.0. The van der Waals surface area contributed by atoms with E-state index >= 15 is 0 Å². The molecule has 6 nitrogen and oxygen atoms in total. The van der Waals surface area contributed by atoms with Crippen molar-refractivity contribution in [1.82, 2.24) is 4.98 Å². The lowest BCUT2D eigenvalue weighted by molar-refractivity contribution is -0.384. The first-order valence-corrected chi connectivity index (χ1v) is 3.65. The number of anilines is 1. The van der Waals surface area contributed by atoms with Gasteiger partial charge in [-0.1, -0.05) is 0 Å². The van der Waals surface area contributed by atoms with Gasteiger partial charge in [0.05, 0.1) is 10.5 Å². The molecule has 1 rings (SSSR count). The summed E-state index contributed by atoms with van der Waals surface area (Å²) in [6.07, 6.45) is -2.95. The number of carbonyl (C=O) groups excluding carboxylic acids is 1. The van der Waals surface area contributed by atoms with Crippen LogP contribution < -0.4 is 5.73 Å². The highest BCUT2D eigenvalue weighted by Crippen LogP contribution is 2.28. The molecule has 80 valence electrons. The third-order valence-electron chi connectivity index (χ3n) is 1.63. The van der Waals surface area contributed by atoms with Crippen LogP contribution >= 0.6 is 0 Å². The summed E-state index contributed by atoms with van der Waals surface area (Å²) in [5.74, 6) is -0.563. The zero-order valence-corrected chi connectivity index (χ0v) is 7.18. The second-order valence-electron chi connectivity index (χ2n) is 2.54. The van der Waals surface area contributed by atoms with E-state index in [0.29, 0.717) is 6.07 Å². The molecule has 15 heavy (non-hydrogen) atoms. The number of nitrogens with two attached hydrogens (primary N) is 1. The zero-order chi connectivity index (χ0) is 11.6. The lowest BCUT2D eigenvalue weighted by atomic mass is 10.2. The number of nitrogens with zero attached hydrogens (tertiary/aromatic N) is 2. The molecule has 2 N–H and O–H groups in total. The molecule has 0 amide bonds. The number of rotatable bonds is 3. The van der Waals surface area contributed by atoms with E-state index in [2.05, 4.69) is 4.98 Å². The molecule has 0 spiro atoms. The lowest BCUT2D eigenvalue weighted by Crippen LogP contribution is -2.05. The lowest BCUT2D eigenvalue weighted by Gasteiger charge is -2.03. The van der Waals surface area contributed by atoms with Crippen molar-refractivity contribution in [3.8, 4) is 0 Å². The van der Waals surface area contributed by atoms with Gasteiger partial charge in [0, 0.05) is 6.07 Å². The highest BCUT2D eigenvalue weighted by Gasteiger charge is 2.22. The zero-order valence-electron chi connectivity index (χ0n) is 7.18. The first-order chi connectivity index (χ1) is 6.97. The second kappa shape index (κ2) is 3.95. The number of aromatic nitrogens is 1. The number of aldehydes is 1. The topological polar surface area (TPSA) is 99.1 Å². The number of hydrogen-bond donors (Lipinski definition) is 1. The molecular formula is C7H5F2N3O3. The largest absolute Gasteiger partial charge is 0.378 e. The Morgan fingerprint density at radius 3 is 2.60 bits per heavy atom. The van der Waals surface area contributed by atoms with E-state index < -0.39 is 34.1 Å². The molecule has 1 aromatic heterocycles. The number of nitrogen functional groups attached to an aromatic ring is 1. The van der Waals surface area contributed by atoms with Crippen molar-refractivity contribution in [2.45, 2.75) is 6.43 Å². The van der Waals surface area contributed by atoms with Crippen molar-refractivity contribution >= 4 is 17.8 Å². The standard InChI is InChI=1S/C7H5F2N3O3/c8-6(9)3-1-5(12(14)15)7(10)11-4(3)2-13/h1-2,6H,(H2,10,11). The monoisotopic (exact) mass is 217 g/mol. The molecule has 0 aliphatic carbocycles. The van der Waals surface area contributed by atoms with E-state index in [0.717, 1.165) is 0 Å². The minimum Gasteiger partial charge on any atom is -0.378 e. The van der Waals surface area contributed by atoms with Crippen LogP contribution in [0.3, 0.4) is 0 Å². The Kier molecular flexibility index (Phi) is 2.88. The summed E-state index contributed by atoms with van der Waals surface area (Å²) in [5.41, 5.74) is 2.98. The van der Waals surface area contributed by atoms with Crippen LogP contribution in [0.2, 0.25) is 0 Å². The third-order valence-corrected chi connectivity index (χ3v) is 1.63. The number of nitro groups is 1. The number of carbonyl (C=O) groups is 1. The first-order valence-electron chi connectivity index (χ1n) is 3.65. The summed E-state index contributed by atoms with van der Waals surface area (Å²) in [6, 6.07) is 0.552. The van der Waals surface area contributed by atoms with Crippen molar-refractivity contribution in [1.29, 1.82) is 0 Å². The van der Waals surface area contributed by atoms with Crippen LogP contribution in [0.25, 0.3) is 0 Å². The molecule has 1 heterocycles. The Labute approximate surface area is 81.9 Å². The van der Waals surface area contributed by atoms with Crippen LogP contribution in [-0.4, -0.2) is 16.2 Å². The average molecular weight is 217 g/mol. The smallest absolute Gasteiger partial charge is 0.311 e. The average Bonchev–Trinajstić information content (AvgIpc) is 2.16. The first kappa shape index (κ1) is 11.0. The van der Waals surface area contributed by atoms with Crippen LogP contribution in [0.5, 0.6) is 0 Å². The van der Waals surface area contributed by atoms with Gasteiger partial charge in [-0.05, 0) is 0 Å². The number of pyridine rings is 1. The SMILES string of the molecule is Nc1nc(C=O)c(C(F)F)cc1[N+](=O)[O-]. The Morgan fingerprint density at radius 1 is 1.60 bits per heavy atom. The van der Waals surface area contributed by atoms with Crippen molar-refractivity contribution in [3.63, 3.8) is 0 Å². The summed E-state index contributed by atoms with van der Waals surface area (Å²) in [6.45, 7) is 0. The molecule has 8 heteroatoms. The Balaban J connectivity index is 3.43. The van der Waals surface area contributed by atoms with Gasteiger partial charge >= 0.3 is 5.69 Å². The van der Waals surface area contributed by atoms with Gasteiger partial charge in [-0.15, -0.1) is 0 Å². The fourth-order valence-corrected chi connectivity index (χ4v) is 0.962. The van der Waals surface area contributed by atoms with Crippen LogP contribution in [-0.2, 0) is 0 Å². The molecule has 0 fully saturated rings. The molecule has 0 saturated carbocycles. The predicted molar refractivity (Wildman–Crippen MR) is 45.6 cm³/mol. The summed E-state index contributed by atoms with van der Waals surface area (Å²) in [5, 5.41) is 10.3. The van der Waals surface area contributed by atoms with Gasteiger partial charge in [-0.25, -0.2) is 13.8 Å². The van der Waals surface area contributed by atoms with Gasteiger partial charge in [0.2, 0.25) is 5.82 Å². The van der Waals surface area contributed by atoms with E-state index in [1.807, 2.05) is 0 Å². The second-order valence-corrected chi connectivity index (χ2v) is 2.54. The maximum absolute atomic E-state index is 12.3. The van der Waals surface area contributed by atoms with E-state index in [-0.39, 0.29) is 6.29 Å². The van der Waals surface area contributed by atoms with Crippen molar-refractivity contribution in [2.24, 2.45) is 0 Å². The van der Waals surface area contributed by atoms with E-state index in [1.165, 1.54) is 0 Å². The Hall–Kier alpha value is -2.12. The maximum Gasteiger partial charge on any atom is 0.311 e. The van der Waals surface area contributed by atoms with E-state index in [1.54, 1.807) is 0 Å². The molecule has 0 bridgehead atoms. The minimum atomic E-state index is -3.02. The number of halogens is 2. The van der Waals surface area contributed by atoms with Gasteiger partial charge < -0.3 is 5.73 Å². The minimum absolute atomic E-state index is 0.0710. The van der Waals surface area contributed by atoms with Gasteiger partial charge in [-0.3, -0.25) is 14.9 Å². The highest BCUT2D eigenvalue weighted by atomic mass is 19.3. The maximum atomic E-state index is 12.3. The highest BCUT2D eigenvalue weighted by molar-refractivity contribution is 5.77. The van der Waals surface area contributed by atoms with Crippen molar-refractivity contribution in [2.75, 3.05) is 5.73 Å². The van der Waals surface area contributed by atoms with Crippen LogP contribution in [0.15, 0.2) is 6.07 Å². The molecule has 0 atom stereocenters. The molecule has 1 aromatic rings. The molecule has 0 radical (unpaired) electrons. The van der Waals surface area contributed by atoms with Crippen LogP contribution in [0, 0.1) is 10.1 Å².